The number of carboxylic acids is 2. The molecule has 0 heterocycles. The molecule has 1 rings (SSSR count). The summed E-state index contributed by atoms with van der Waals surface area (Å²) in [6.07, 6.45) is 1.67. The number of aliphatic carboxylic acids is 2. The third-order valence-corrected chi connectivity index (χ3v) is 1.49. The molecule has 0 atom stereocenters. The minimum atomic E-state index is -0.981. The van der Waals surface area contributed by atoms with Crippen molar-refractivity contribution in [1.82, 2.24) is 0 Å². The van der Waals surface area contributed by atoms with Gasteiger partial charge in [0.05, 0.1) is 26.4 Å². The lowest BCUT2D eigenvalue weighted by Gasteiger charge is -1.94. The van der Waals surface area contributed by atoms with E-state index >= 15 is 0 Å². The molecule has 6 N–H and O–H groups in total. The van der Waals surface area contributed by atoms with Gasteiger partial charge in [-0.05, 0) is 0 Å². The molecular formula is C16H26O8. The molecule has 0 aliphatic heterocycles. The van der Waals surface area contributed by atoms with Crippen molar-refractivity contribution in [3.05, 3.63) is 61.7 Å². The second-order valence-corrected chi connectivity index (χ2v) is 3.30. The van der Waals surface area contributed by atoms with E-state index in [0.29, 0.717) is 13.2 Å². The molecule has 0 amide bonds. The van der Waals surface area contributed by atoms with Crippen LogP contribution in [0, 0.1) is 0 Å². The minimum absolute atomic E-state index is 0. The highest BCUT2D eigenvalue weighted by molar-refractivity contribution is 5.79. The Morgan fingerprint density at radius 2 is 1.00 bits per heavy atom. The molecule has 138 valence electrons. The number of aliphatic hydroxyl groups is 2. The predicted molar refractivity (Wildman–Crippen MR) is 90.7 cm³/mol. The summed E-state index contributed by atoms with van der Waals surface area (Å²) in [5.41, 5.74) is 0. The Morgan fingerprint density at radius 1 is 0.792 bits per heavy atom. The van der Waals surface area contributed by atoms with Crippen molar-refractivity contribution in [2.24, 2.45) is 0 Å². The van der Waals surface area contributed by atoms with Gasteiger partial charge < -0.3 is 30.6 Å². The number of carbonyl (C=O) groups is 2. The van der Waals surface area contributed by atoms with Crippen LogP contribution in [0.1, 0.15) is 0 Å². The van der Waals surface area contributed by atoms with E-state index in [-0.39, 0.29) is 18.7 Å². The van der Waals surface area contributed by atoms with Gasteiger partial charge in [-0.2, -0.15) is 0 Å². The van der Waals surface area contributed by atoms with Crippen molar-refractivity contribution in [1.29, 1.82) is 0 Å². The number of carboxylic acid groups (broad SMARTS) is 2. The van der Waals surface area contributed by atoms with Crippen LogP contribution in [0.3, 0.4) is 0 Å². The number of hydrogen-bond donors (Lipinski definition) is 4. The van der Waals surface area contributed by atoms with Crippen LogP contribution in [-0.4, -0.2) is 64.3 Å². The fourth-order valence-electron chi connectivity index (χ4n) is 0.616. The van der Waals surface area contributed by atoms with Gasteiger partial charge in [-0.25, -0.2) is 9.59 Å². The third-order valence-electron chi connectivity index (χ3n) is 1.49. The van der Waals surface area contributed by atoms with Gasteiger partial charge in [0.1, 0.15) is 0 Å². The van der Waals surface area contributed by atoms with Crippen molar-refractivity contribution >= 4 is 11.9 Å². The first kappa shape index (κ1) is 29.5. The molecule has 0 unspecified atom stereocenters. The molecule has 0 saturated heterocycles. The zero-order valence-electron chi connectivity index (χ0n) is 13.4. The lowest BCUT2D eigenvalue weighted by atomic mass is 10.4. The second kappa shape index (κ2) is 28.6. The fraction of sp³-hybridized carbons (Fsp3) is 0.250. The van der Waals surface area contributed by atoms with Gasteiger partial charge in [-0.3, -0.25) is 0 Å². The summed E-state index contributed by atoms with van der Waals surface area (Å²) in [5.74, 6) is -1.96. The number of aliphatic hydroxyl groups excluding tert-OH is 2. The molecule has 1 aromatic rings. The van der Waals surface area contributed by atoms with Crippen molar-refractivity contribution in [2.45, 2.75) is 0 Å². The van der Waals surface area contributed by atoms with Crippen molar-refractivity contribution in [3.63, 3.8) is 0 Å². The SMILES string of the molecule is C=CC(=O)O.C=CC(=O)O.O.OCCOCCO.c1ccccc1. The maximum absolute atomic E-state index is 9.25. The Bertz CT molecular complexity index is 344. The first-order valence-corrected chi connectivity index (χ1v) is 6.46. The molecule has 8 heteroatoms. The summed E-state index contributed by atoms with van der Waals surface area (Å²) in [4.78, 5) is 18.5. The average molecular weight is 346 g/mol. The highest BCUT2D eigenvalue weighted by atomic mass is 16.5. The molecule has 0 spiro atoms. The van der Waals surface area contributed by atoms with E-state index < -0.39 is 11.9 Å². The Balaban J connectivity index is -0.000000111. The molecule has 0 fully saturated rings. The van der Waals surface area contributed by atoms with Gasteiger partial charge in [-0.1, -0.05) is 49.6 Å². The first-order chi connectivity index (χ1) is 11.0. The molecule has 0 aliphatic carbocycles. The summed E-state index contributed by atoms with van der Waals surface area (Å²) >= 11 is 0. The molecular weight excluding hydrogens is 320 g/mol. The van der Waals surface area contributed by atoms with E-state index in [9.17, 15) is 9.59 Å². The maximum Gasteiger partial charge on any atom is 0.327 e. The molecule has 0 aromatic heterocycles. The molecule has 0 bridgehead atoms. The van der Waals surface area contributed by atoms with Crippen molar-refractivity contribution in [3.8, 4) is 0 Å². The minimum Gasteiger partial charge on any atom is -0.478 e. The maximum atomic E-state index is 9.25. The van der Waals surface area contributed by atoms with Crippen molar-refractivity contribution in [2.75, 3.05) is 26.4 Å². The molecule has 1 aromatic carbocycles. The van der Waals surface area contributed by atoms with Crippen molar-refractivity contribution < 1.29 is 40.2 Å². The van der Waals surface area contributed by atoms with E-state index in [0.717, 1.165) is 12.2 Å². The number of ether oxygens (including phenoxy) is 1. The molecule has 0 aliphatic rings. The lowest BCUT2D eigenvalue weighted by Crippen LogP contribution is -2.03. The highest BCUT2D eigenvalue weighted by Crippen LogP contribution is 1.79. The normalized spacial score (nSPS) is 7.42. The Kier molecular flexibility index (Phi) is 35.2. The van der Waals surface area contributed by atoms with E-state index in [4.69, 9.17) is 20.4 Å². The lowest BCUT2D eigenvalue weighted by molar-refractivity contribution is -0.132. The Morgan fingerprint density at radius 3 is 1.12 bits per heavy atom. The summed E-state index contributed by atoms with van der Waals surface area (Å²) in [5, 5.41) is 31.4. The number of hydrogen-bond acceptors (Lipinski definition) is 5. The van der Waals surface area contributed by atoms with Gasteiger partial charge in [0.2, 0.25) is 0 Å². The summed E-state index contributed by atoms with van der Waals surface area (Å²) in [7, 11) is 0. The molecule has 0 radical (unpaired) electrons. The van der Waals surface area contributed by atoms with E-state index in [2.05, 4.69) is 17.9 Å². The van der Waals surface area contributed by atoms with E-state index in [1.165, 1.54) is 0 Å². The second-order valence-electron chi connectivity index (χ2n) is 3.30. The van der Waals surface area contributed by atoms with Gasteiger partial charge in [-0.15, -0.1) is 0 Å². The molecule has 8 nitrogen and oxygen atoms in total. The van der Waals surface area contributed by atoms with Crippen LogP contribution in [-0.2, 0) is 14.3 Å². The van der Waals surface area contributed by atoms with Gasteiger partial charge in [0.25, 0.3) is 0 Å². The largest absolute Gasteiger partial charge is 0.478 e. The zero-order valence-corrected chi connectivity index (χ0v) is 13.4. The standard InChI is InChI=1S/C6H6.C4H10O3.2C3H4O2.H2O/c1-2-4-6-5-3-1;5-1-3-7-4-2-6;2*1-2-3(4)5;/h1-6H;5-6H,1-4H2;2*2H,1H2,(H,4,5);1H2. The van der Waals surface area contributed by atoms with Crippen LogP contribution in [0.25, 0.3) is 0 Å². The van der Waals surface area contributed by atoms with Gasteiger partial charge in [0.15, 0.2) is 0 Å². The quantitative estimate of drug-likeness (QED) is 0.428. The van der Waals surface area contributed by atoms with Gasteiger partial charge in [0, 0.05) is 12.2 Å². The topological polar surface area (TPSA) is 156 Å². The first-order valence-electron chi connectivity index (χ1n) is 6.46. The Hall–Kier alpha value is -2.52. The van der Waals surface area contributed by atoms with E-state index in [1.54, 1.807) is 0 Å². The smallest absolute Gasteiger partial charge is 0.327 e. The summed E-state index contributed by atoms with van der Waals surface area (Å²) < 4.78 is 4.63. The molecule has 24 heavy (non-hydrogen) atoms. The highest BCUT2D eigenvalue weighted by Gasteiger charge is 1.79. The summed E-state index contributed by atoms with van der Waals surface area (Å²) in [6, 6.07) is 12.0. The fourth-order valence-corrected chi connectivity index (χ4v) is 0.616. The monoisotopic (exact) mass is 346 g/mol. The van der Waals surface area contributed by atoms with Crippen LogP contribution in [0.2, 0.25) is 0 Å². The number of benzene rings is 1. The summed E-state index contributed by atoms with van der Waals surface area (Å²) in [6.45, 7) is 6.62. The third kappa shape index (κ3) is 50.5. The number of rotatable bonds is 6. The van der Waals surface area contributed by atoms with Gasteiger partial charge >= 0.3 is 11.9 Å². The van der Waals surface area contributed by atoms with Crippen LogP contribution < -0.4 is 0 Å². The zero-order chi connectivity index (χ0) is 18.3. The van der Waals surface area contributed by atoms with E-state index in [1.807, 2.05) is 36.4 Å². The molecule has 0 saturated carbocycles. The van der Waals surface area contributed by atoms with Crippen LogP contribution >= 0.6 is 0 Å². The van der Waals surface area contributed by atoms with Crippen LogP contribution in [0.4, 0.5) is 0 Å². The van der Waals surface area contributed by atoms with Crippen LogP contribution in [0.15, 0.2) is 61.7 Å². The van der Waals surface area contributed by atoms with Crippen LogP contribution in [0.5, 0.6) is 0 Å². The average Bonchev–Trinajstić information content (AvgIpc) is 2.58. The Labute approximate surface area is 141 Å². The predicted octanol–water partition coefficient (Wildman–Crippen LogP) is 0.363.